The molecule has 0 aromatic heterocycles. The first-order valence-corrected chi connectivity index (χ1v) is 4.22. The summed E-state index contributed by atoms with van der Waals surface area (Å²) in [6.45, 7) is 3.80. The summed E-state index contributed by atoms with van der Waals surface area (Å²) >= 11 is 0. The van der Waals surface area contributed by atoms with Crippen LogP contribution in [0, 0.1) is 5.92 Å². The van der Waals surface area contributed by atoms with E-state index in [9.17, 15) is 4.79 Å². The second-order valence-corrected chi connectivity index (χ2v) is 3.54. The Morgan fingerprint density at radius 3 is 2.82 bits per heavy atom. The van der Waals surface area contributed by atoms with E-state index in [4.69, 9.17) is 0 Å². The first-order valence-electron chi connectivity index (χ1n) is 4.22. The molecule has 0 unspecified atom stereocenters. The van der Waals surface area contributed by atoms with Gasteiger partial charge in [0.2, 0.25) is 5.91 Å². The highest BCUT2D eigenvalue weighted by Crippen LogP contribution is 2.31. The van der Waals surface area contributed by atoms with Gasteiger partial charge in [-0.3, -0.25) is 4.79 Å². The third-order valence-corrected chi connectivity index (χ3v) is 2.34. The second-order valence-electron chi connectivity index (χ2n) is 3.54. The monoisotopic (exact) mass is 151 g/mol. The van der Waals surface area contributed by atoms with Gasteiger partial charge in [0.05, 0.1) is 0 Å². The molecule has 1 amide bonds. The Kier molecular flexibility index (Phi) is 1.48. The Morgan fingerprint density at radius 2 is 2.36 bits per heavy atom. The quantitative estimate of drug-likeness (QED) is 0.515. The summed E-state index contributed by atoms with van der Waals surface area (Å²) in [4.78, 5) is 13.4. The summed E-state index contributed by atoms with van der Waals surface area (Å²) in [5.41, 5.74) is 1.33. The first kappa shape index (κ1) is 6.89. The fourth-order valence-corrected chi connectivity index (χ4v) is 1.45. The van der Waals surface area contributed by atoms with Crippen molar-refractivity contribution in [3.05, 3.63) is 11.6 Å². The fraction of sp³-hybridized carbons (Fsp3) is 0.667. The zero-order valence-corrected chi connectivity index (χ0v) is 6.84. The normalized spacial score (nSPS) is 23.7. The average Bonchev–Trinajstić information content (AvgIpc) is 2.74. The minimum atomic E-state index is 0.373. The number of amides is 1. The summed E-state index contributed by atoms with van der Waals surface area (Å²) in [5.74, 6) is 0.757. The van der Waals surface area contributed by atoms with Gasteiger partial charge >= 0.3 is 0 Å². The van der Waals surface area contributed by atoms with Crippen molar-refractivity contribution in [3.8, 4) is 0 Å². The van der Waals surface area contributed by atoms with Crippen LogP contribution in [0.5, 0.6) is 0 Å². The van der Waals surface area contributed by atoms with Gasteiger partial charge < -0.3 is 4.90 Å². The molecule has 11 heavy (non-hydrogen) atoms. The zero-order chi connectivity index (χ0) is 7.84. The van der Waals surface area contributed by atoms with Crippen molar-refractivity contribution in [1.82, 2.24) is 4.90 Å². The van der Waals surface area contributed by atoms with Crippen LogP contribution >= 0.6 is 0 Å². The molecule has 1 fully saturated rings. The zero-order valence-electron chi connectivity index (χ0n) is 6.84. The highest BCUT2D eigenvalue weighted by Gasteiger charge is 2.33. The molecule has 0 aromatic carbocycles. The van der Waals surface area contributed by atoms with Gasteiger partial charge in [0.1, 0.15) is 0 Å². The first-order chi connectivity index (χ1) is 5.27. The molecule has 1 heterocycles. The SMILES string of the molecule is CC1=CCN(C(=O)C2CC2)C1. The van der Waals surface area contributed by atoms with Crippen molar-refractivity contribution < 1.29 is 4.79 Å². The molecule has 1 aliphatic heterocycles. The van der Waals surface area contributed by atoms with Crippen LogP contribution in [0.1, 0.15) is 19.8 Å². The number of carbonyl (C=O) groups excluding carboxylic acids is 1. The molecule has 0 spiro atoms. The third kappa shape index (κ3) is 1.30. The maximum atomic E-state index is 11.4. The molecule has 60 valence electrons. The lowest BCUT2D eigenvalue weighted by Crippen LogP contribution is -2.29. The molecule has 2 aliphatic rings. The summed E-state index contributed by atoms with van der Waals surface area (Å²) in [5, 5.41) is 0. The lowest BCUT2D eigenvalue weighted by atomic mass is 10.3. The van der Waals surface area contributed by atoms with E-state index in [-0.39, 0.29) is 0 Å². The van der Waals surface area contributed by atoms with Crippen molar-refractivity contribution in [2.75, 3.05) is 13.1 Å². The Hall–Kier alpha value is -0.790. The van der Waals surface area contributed by atoms with Crippen LogP contribution in [0.3, 0.4) is 0 Å². The smallest absolute Gasteiger partial charge is 0.226 e. The van der Waals surface area contributed by atoms with E-state index in [0.717, 1.165) is 25.9 Å². The predicted octanol–water partition coefficient (Wildman–Crippen LogP) is 1.18. The van der Waals surface area contributed by atoms with E-state index in [2.05, 4.69) is 13.0 Å². The fourth-order valence-electron chi connectivity index (χ4n) is 1.45. The van der Waals surface area contributed by atoms with Gasteiger partial charge in [0.15, 0.2) is 0 Å². The van der Waals surface area contributed by atoms with E-state index in [1.807, 2.05) is 4.90 Å². The molecule has 2 rings (SSSR count). The molecule has 0 radical (unpaired) electrons. The van der Waals surface area contributed by atoms with Crippen LogP contribution in [-0.4, -0.2) is 23.9 Å². The molecule has 0 saturated heterocycles. The molecular weight excluding hydrogens is 138 g/mol. The minimum absolute atomic E-state index is 0.373. The van der Waals surface area contributed by atoms with Crippen LogP contribution in [0.25, 0.3) is 0 Å². The van der Waals surface area contributed by atoms with Crippen molar-refractivity contribution in [3.63, 3.8) is 0 Å². The van der Waals surface area contributed by atoms with Crippen LogP contribution < -0.4 is 0 Å². The van der Waals surface area contributed by atoms with Crippen molar-refractivity contribution in [2.24, 2.45) is 5.92 Å². The highest BCUT2D eigenvalue weighted by atomic mass is 16.2. The Balaban J connectivity index is 1.92. The summed E-state index contributed by atoms with van der Waals surface area (Å²) < 4.78 is 0. The molecule has 0 atom stereocenters. The lowest BCUT2D eigenvalue weighted by molar-refractivity contribution is -0.131. The number of nitrogens with zero attached hydrogens (tertiary/aromatic N) is 1. The van der Waals surface area contributed by atoms with Crippen molar-refractivity contribution >= 4 is 5.91 Å². The maximum Gasteiger partial charge on any atom is 0.226 e. The van der Waals surface area contributed by atoms with Crippen LogP contribution in [0.2, 0.25) is 0 Å². The lowest BCUT2D eigenvalue weighted by Gasteiger charge is -2.14. The summed E-state index contributed by atoms with van der Waals surface area (Å²) in [7, 11) is 0. The molecular formula is C9H13NO. The number of hydrogen-bond acceptors (Lipinski definition) is 1. The number of carbonyl (C=O) groups is 1. The number of rotatable bonds is 1. The topological polar surface area (TPSA) is 20.3 Å². The van der Waals surface area contributed by atoms with Gasteiger partial charge in [-0.15, -0.1) is 0 Å². The van der Waals surface area contributed by atoms with Crippen LogP contribution in [-0.2, 0) is 4.79 Å². The molecule has 0 aromatic rings. The van der Waals surface area contributed by atoms with Gasteiger partial charge in [0.25, 0.3) is 0 Å². The Labute approximate surface area is 66.9 Å². The van der Waals surface area contributed by atoms with E-state index >= 15 is 0 Å². The Morgan fingerprint density at radius 1 is 1.64 bits per heavy atom. The summed E-state index contributed by atoms with van der Waals surface area (Å²) in [6.07, 6.45) is 4.38. The molecule has 2 nitrogen and oxygen atoms in total. The third-order valence-electron chi connectivity index (χ3n) is 2.34. The van der Waals surface area contributed by atoms with Gasteiger partial charge in [-0.1, -0.05) is 11.6 Å². The number of hydrogen-bond donors (Lipinski definition) is 0. The van der Waals surface area contributed by atoms with Gasteiger partial charge in [0, 0.05) is 19.0 Å². The molecule has 1 aliphatic carbocycles. The Bertz CT molecular complexity index is 216. The van der Waals surface area contributed by atoms with Gasteiger partial charge in [-0.2, -0.15) is 0 Å². The summed E-state index contributed by atoms with van der Waals surface area (Å²) in [6, 6.07) is 0. The van der Waals surface area contributed by atoms with Crippen LogP contribution in [0.4, 0.5) is 0 Å². The maximum absolute atomic E-state index is 11.4. The molecule has 0 N–H and O–H groups in total. The van der Waals surface area contributed by atoms with E-state index < -0.39 is 0 Å². The minimum Gasteiger partial charge on any atom is -0.335 e. The van der Waals surface area contributed by atoms with Crippen LogP contribution in [0.15, 0.2) is 11.6 Å². The van der Waals surface area contributed by atoms with E-state index in [1.165, 1.54) is 5.57 Å². The second kappa shape index (κ2) is 2.36. The van der Waals surface area contributed by atoms with E-state index in [0.29, 0.717) is 11.8 Å². The molecule has 0 bridgehead atoms. The largest absolute Gasteiger partial charge is 0.335 e. The predicted molar refractivity (Wildman–Crippen MR) is 43.1 cm³/mol. The van der Waals surface area contributed by atoms with Crippen molar-refractivity contribution in [1.29, 1.82) is 0 Å². The van der Waals surface area contributed by atoms with Crippen molar-refractivity contribution in [2.45, 2.75) is 19.8 Å². The van der Waals surface area contributed by atoms with E-state index in [1.54, 1.807) is 0 Å². The molecule has 2 heteroatoms. The highest BCUT2D eigenvalue weighted by molar-refractivity contribution is 5.81. The molecule has 1 saturated carbocycles. The van der Waals surface area contributed by atoms with Gasteiger partial charge in [-0.05, 0) is 19.8 Å². The van der Waals surface area contributed by atoms with Gasteiger partial charge in [-0.25, -0.2) is 0 Å². The average molecular weight is 151 g/mol. The standard InChI is InChI=1S/C9H13NO/c1-7-4-5-10(6-7)9(11)8-2-3-8/h4,8H,2-3,5-6H2,1H3.